The van der Waals surface area contributed by atoms with E-state index in [0.717, 1.165) is 5.56 Å². The number of methoxy groups -OCH3 is 1. The Labute approximate surface area is 196 Å². The third kappa shape index (κ3) is 4.08. The molecule has 1 atom stereocenters. The molecule has 0 aliphatic carbocycles. The van der Waals surface area contributed by atoms with Crippen molar-refractivity contribution in [3.63, 3.8) is 0 Å². The number of esters is 1. The zero-order chi connectivity index (χ0) is 22.3. The number of nitrogens with zero attached hydrogens (tertiary/aromatic N) is 2. The lowest BCUT2D eigenvalue weighted by atomic mass is 9.96. The van der Waals surface area contributed by atoms with Crippen molar-refractivity contribution in [1.29, 1.82) is 0 Å². The normalized spacial score (nSPS) is 16.2. The molecule has 2 aromatic carbocycles. The highest BCUT2D eigenvalue weighted by Gasteiger charge is 2.33. The van der Waals surface area contributed by atoms with Crippen molar-refractivity contribution in [2.24, 2.45) is 4.99 Å². The van der Waals surface area contributed by atoms with Crippen LogP contribution in [0.15, 0.2) is 63.5 Å². The molecule has 1 aromatic heterocycles. The first kappa shape index (κ1) is 21.8. The largest absolute Gasteiger partial charge is 0.466 e. The average molecular weight is 494 g/mol. The first-order valence-electron chi connectivity index (χ1n) is 9.11. The molecule has 0 bridgehead atoms. The Hall–Kier alpha value is -2.38. The van der Waals surface area contributed by atoms with Crippen molar-refractivity contribution in [2.45, 2.75) is 13.0 Å². The predicted octanol–water partition coefficient (Wildman–Crippen LogP) is 4.37. The maximum atomic E-state index is 13.4. The Bertz CT molecular complexity index is 1410. The maximum Gasteiger partial charge on any atom is 0.338 e. The maximum absolute atomic E-state index is 13.4. The van der Waals surface area contributed by atoms with Crippen LogP contribution in [0.1, 0.15) is 24.1 Å². The summed E-state index contributed by atoms with van der Waals surface area (Å²) in [5.41, 5.74) is 1.88. The first-order chi connectivity index (χ1) is 14.8. The van der Waals surface area contributed by atoms with Crippen molar-refractivity contribution < 1.29 is 9.53 Å². The second kappa shape index (κ2) is 8.63. The van der Waals surface area contributed by atoms with Gasteiger partial charge in [0.1, 0.15) is 0 Å². The van der Waals surface area contributed by atoms with Crippen molar-refractivity contribution in [3.05, 3.63) is 99.6 Å². The van der Waals surface area contributed by atoms with E-state index in [-0.39, 0.29) is 5.56 Å². The summed E-state index contributed by atoms with van der Waals surface area (Å²) in [4.78, 5) is 31.0. The van der Waals surface area contributed by atoms with Crippen molar-refractivity contribution in [2.75, 3.05) is 7.11 Å². The molecule has 1 unspecified atom stereocenters. The minimum atomic E-state index is -0.691. The van der Waals surface area contributed by atoms with Crippen molar-refractivity contribution in [3.8, 4) is 0 Å². The lowest BCUT2D eigenvalue weighted by Gasteiger charge is -2.24. The second-order valence-corrected chi connectivity index (χ2v) is 9.08. The van der Waals surface area contributed by atoms with Gasteiger partial charge in [-0.2, -0.15) is 0 Å². The molecule has 0 radical (unpaired) electrons. The van der Waals surface area contributed by atoms with E-state index in [1.807, 2.05) is 0 Å². The van der Waals surface area contributed by atoms with Gasteiger partial charge >= 0.3 is 5.97 Å². The minimum Gasteiger partial charge on any atom is -0.466 e. The number of halogens is 3. The summed E-state index contributed by atoms with van der Waals surface area (Å²) in [7, 11) is 1.30. The number of benzene rings is 2. The summed E-state index contributed by atoms with van der Waals surface area (Å²) in [5.74, 6) is -0.545. The number of carbonyl (C=O) groups is 1. The zero-order valence-electron chi connectivity index (χ0n) is 16.4. The summed E-state index contributed by atoms with van der Waals surface area (Å²) in [6.07, 6.45) is 1.69. The topological polar surface area (TPSA) is 60.7 Å². The fraction of sp³-hybridized carbons (Fsp3) is 0.136. The van der Waals surface area contributed by atoms with Gasteiger partial charge in [0, 0.05) is 15.1 Å². The third-order valence-electron chi connectivity index (χ3n) is 4.86. The number of allylic oxidation sites excluding steroid dienone is 1. The predicted molar refractivity (Wildman–Crippen MR) is 124 cm³/mol. The number of carbonyl (C=O) groups excluding carboxylic acids is 1. The van der Waals surface area contributed by atoms with E-state index in [2.05, 4.69) is 4.99 Å². The van der Waals surface area contributed by atoms with Crippen LogP contribution in [0.2, 0.25) is 15.1 Å². The Morgan fingerprint density at radius 2 is 1.81 bits per heavy atom. The van der Waals surface area contributed by atoms with Gasteiger partial charge in [-0.05, 0) is 48.4 Å². The van der Waals surface area contributed by atoms with E-state index < -0.39 is 12.0 Å². The van der Waals surface area contributed by atoms with E-state index in [1.165, 1.54) is 23.0 Å². The van der Waals surface area contributed by atoms with Crippen LogP contribution in [0.5, 0.6) is 0 Å². The van der Waals surface area contributed by atoms with Crippen LogP contribution in [0.3, 0.4) is 0 Å². The molecule has 0 N–H and O–H groups in total. The van der Waals surface area contributed by atoms with Crippen LogP contribution in [-0.2, 0) is 9.53 Å². The van der Waals surface area contributed by atoms with Crippen molar-refractivity contribution in [1.82, 2.24) is 4.57 Å². The Balaban J connectivity index is 1.98. The molecule has 1 aliphatic rings. The molecule has 4 rings (SSSR count). The summed E-state index contributed by atoms with van der Waals surface area (Å²) in [6, 6.07) is 11.3. The van der Waals surface area contributed by atoms with Gasteiger partial charge in [0.15, 0.2) is 4.80 Å². The van der Waals surface area contributed by atoms with Gasteiger partial charge in [-0.15, -0.1) is 0 Å². The average Bonchev–Trinajstić information content (AvgIpc) is 3.04. The van der Waals surface area contributed by atoms with Gasteiger partial charge in [-0.3, -0.25) is 9.36 Å². The molecule has 31 heavy (non-hydrogen) atoms. The van der Waals surface area contributed by atoms with Gasteiger partial charge in [0.25, 0.3) is 5.56 Å². The molecule has 9 heteroatoms. The highest BCUT2D eigenvalue weighted by Crippen LogP contribution is 2.31. The molecule has 158 valence electrons. The van der Waals surface area contributed by atoms with E-state index in [1.54, 1.807) is 55.5 Å². The van der Waals surface area contributed by atoms with Gasteiger partial charge in [0.2, 0.25) is 0 Å². The Morgan fingerprint density at radius 3 is 2.45 bits per heavy atom. The minimum absolute atomic E-state index is 0.288. The molecule has 3 aromatic rings. The van der Waals surface area contributed by atoms with Crippen LogP contribution >= 0.6 is 46.1 Å². The number of aromatic nitrogens is 1. The van der Waals surface area contributed by atoms with Crippen LogP contribution in [-0.4, -0.2) is 17.6 Å². The molecule has 0 saturated heterocycles. The number of fused-ring (bicyclic) bond motifs is 1. The zero-order valence-corrected chi connectivity index (χ0v) is 19.4. The van der Waals surface area contributed by atoms with Crippen LogP contribution in [0.25, 0.3) is 6.08 Å². The smallest absolute Gasteiger partial charge is 0.338 e. The van der Waals surface area contributed by atoms with Gasteiger partial charge in [-0.25, -0.2) is 9.79 Å². The number of hydrogen-bond acceptors (Lipinski definition) is 5. The summed E-state index contributed by atoms with van der Waals surface area (Å²) in [6.45, 7) is 1.72. The fourth-order valence-electron chi connectivity index (χ4n) is 3.41. The number of hydrogen-bond donors (Lipinski definition) is 0. The Kier molecular flexibility index (Phi) is 6.08. The molecule has 2 heterocycles. The Morgan fingerprint density at radius 1 is 1.13 bits per heavy atom. The lowest BCUT2D eigenvalue weighted by Crippen LogP contribution is -2.39. The van der Waals surface area contributed by atoms with Gasteiger partial charge in [-0.1, -0.05) is 64.3 Å². The number of rotatable bonds is 3. The standard InChI is InChI=1S/C22H15Cl3N2O3S/c1-11-18(21(29)30-2)19(12-3-6-14(23)7-4-12)27-20(28)17(31-22(27)26-11)9-13-5-8-15(24)10-16(13)25/h3-10,19H,1-2H3/b17-9+. The van der Waals surface area contributed by atoms with Crippen LogP contribution < -0.4 is 14.9 Å². The molecule has 0 fully saturated rings. The van der Waals surface area contributed by atoms with Crippen LogP contribution in [0.4, 0.5) is 0 Å². The molecule has 0 spiro atoms. The summed E-state index contributed by atoms with van der Waals surface area (Å²) in [5, 5.41) is 1.48. The van der Waals surface area contributed by atoms with E-state index >= 15 is 0 Å². The highest BCUT2D eigenvalue weighted by molar-refractivity contribution is 7.07. The summed E-state index contributed by atoms with van der Waals surface area (Å²) >= 11 is 19.5. The quantitative estimate of drug-likeness (QED) is 0.509. The van der Waals surface area contributed by atoms with E-state index in [0.29, 0.717) is 41.2 Å². The first-order valence-corrected chi connectivity index (χ1v) is 11.1. The fourth-order valence-corrected chi connectivity index (χ4v) is 5.04. The van der Waals surface area contributed by atoms with Crippen molar-refractivity contribution >= 4 is 58.2 Å². The van der Waals surface area contributed by atoms with Gasteiger partial charge < -0.3 is 4.74 Å². The number of thiazole rings is 1. The van der Waals surface area contributed by atoms with E-state index in [4.69, 9.17) is 39.5 Å². The van der Waals surface area contributed by atoms with Crippen LogP contribution in [0, 0.1) is 0 Å². The highest BCUT2D eigenvalue weighted by atomic mass is 35.5. The van der Waals surface area contributed by atoms with Gasteiger partial charge in [0.05, 0.1) is 29.0 Å². The SMILES string of the molecule is COC(=O)C1=C(C)N=c2s/c(=C/c3ccc(Cl)cc3Cl)c(=O)n2C1c1ccc(Cl)cc1. The molecular weight excluding hydrogens is 479 g/mol. The molecule has 0 amide bonds. The summed E-state index contributed by atoms with van der Waals surface area (Å²) < 4.78 is 6.92. The lowest BCUT2D eigenvalue weighted by molar-refractivity contribution is -0.136. The molecule has 1 aliphatic heterocycles. The number of ether oxygens (including phenoxy) is 1. The second-order valence-electron chi connectivity index (χ2n) is 6.79. The molecular formula is C22H15Cl3N2O3S. The third-order valence-corrected chi connectivity index (χ3v) is 6.66. The molecule has 0 saturated carbocycles. The van der Waals surface area contributed by atoms with E-state index in [9.17, 15) is 9.59 Å². The molecule has 5 nitrogen and oxygen atoms in total. The monoisotopic (exact) mass is 492 g/mol.